The van der Waals surface area contributed by atoms with Gasteiger partial charge in [0.2, 0.25) is 10.0 Å². The number of rotatable bonds is 6. The average Bonchev–Trinajstić information content (AvgIpc) is 2.37. The number of halogens is 1. The second-order valence-electron chi connectivity index (χ2n) is 4.17. The van der Waals surface area contributed by atoms with Gasteiger partial charge in [0.1, 0.15) is 4.90 Å². The van der Waals surface area contributed by atoms with E-state index in [-0.39, 0.29) is 27.9 Å². The molecule has 104 valence electrons. The van der Waals surface area contributed by atoms with Crippen molar-refractivity contribution in [1.29, 1.82) is 5.26 Å². The fraction of sp³-hybridized carbons (Fsp3) is 0.417. The molecule has 1 aromatic rings. The predicted octanol–water partition coefficient (Wildman–Crippen LogP) is 1.77. The molecule has 19 heavy (non-hydrogen) atoms. The number of hydrogen-bond acceptors (Lipinski definition) is 4. The molecule has 0 heterocycles. The molecule has 0 amide bonds. The van der Waals surface area contributed by atoms with E-state index in [1.54, 1.807) is 7.11 Å². The minimum atomic E-state index is -3.73. The van der Waals surface area contributed by atoms with Crippen molar-refractivity contribution in [3.8, 4) is 6.07 Å². The quantitative estimate of drug-likeness (QED) is 0.868. The maximum absolute atomic E-state index is 12.1. The Bertz CT molecular complexity index is 581. The Hall–Kier alpha value is -1.13. The molecule has 0 aromatic heterocycles. The number of nitrogens with one attached hydrogen (secondary N) is 1. The molecule has 0 saturated heterocycles. The van der Waals surface area contributed by atoms with Gasteiger partial charge in [-0.05, 0) is 24.1 Å². The van der Waals surface area contributed by atoms with E-state index in [1.807, 2.05) is 13.0 Å². The third kappa shape index (κ3) is 4.48. The zero-order chi connectivity index (χ0) is 14.5. The maximum Gasteiger partial charge on any atom is 0.242 e. The molecule has 5 nitrogen and oxygen atoms in total. The van der Waals surface area contributed by atoms with Crippen LogP contribution < -0.4 is 4.72 Å². The molecule has 0 bridgehead atoms. The average molecular weight is 303 g/mol. The highest BCUT2D eigenvalue weighted by molar-refractivity contribution is 7.89. The third-order valence-corrected chi connectivity index (χ3v) is 4.33. The van der Waals surface area contributed by atoms with E-state index in [0.717, 1.165) is 0 Å². The Kier molecular flexibility index (Phi) is 5.76. The van der Waals surface area contributed by atoms with Gasteiger partial charge in [0.15, 0.2) is 0 Å². The zero-order valence-corrected chi connectivity index (χ0v) is 12.3. The molecular weight excluding hydrogens is 288 g/mol. The van der Waals surface area contributed by atoms with Crippen LogP contribution in [0.15, 0.2) is 23.1 Å². The number of hydrogen-bond donors (Lipinski definition) is 1. The zero-order valence-electron chi connectivity index (χ0n) is 10.7. The lowest BCUT2D eigenvalue weighted by Crippen LogP contribution is -2.30. The summed E-state index contributed by atoms with van der Waals surface area (Å²) in [5.41, 5.74) is 0.245. The van der Waals surface area contributed by atoms with Gasteiger partial charge in [0.25, 0.3) is 0 Å². The Morgan fingerprint density at radius 2 is 2.21 bits per heavy atom. The van der Waals surface area contributed by atoms with Crippen molar-refractivity contribution in [2.24, 2.45) is 5.92 Å². The molecule has 1 rings (SSSR count). The summed E-state index contributed by atoms with van der Waals surface area (Å²) in [6, 6.07) is 6.00. The Morgan fingerprint density at radius 3 is 2.79 bits per heavy atom. The van der Waals surface area contributed by atoms with E-state index in [1.165, 1.54) is 18.2 Å². The highest BCUT2D eigenvalue weighted by Crippen LogP contribution is 2.22. The summed E-state index contributed by atoms with van der Waals surface area (Å²) >= 11 is 5.86. The molecule has 7 heteroatoms. The first-order chi connectivity index (χ1) is 8.90. The number of nitrogens with zero attached hydrogens (tertiary/aromatic N) is 1. The van der Waals surface area contributed by atoms with Crippen molar-refractivity contribution in [2.45, 2.75) is 11.8 Å². The van der Waals surface area contributed by atoms with E-state index in [2.05, 4.69) is 4.72 Å². The monoisotopic (exact) mass is 302 g/mol. The van der Waals surface area contributed by atoms with Gasteiger partial charge in [-0.15, -0.1) is 0 Å². The van der Waals surface area contributed by atoms with Gasteiger partial charge >= 0.3 is 0 Å². The number of sulfonamides is 1. The molecule has 0 aliphatic heterocycles. The minimum absolute atomic E-state index is 0.0395. The summed E-state index contributed by atoms with van der Waals surface area (Å²) in [4.78, 5) is -0.0853. The van der Waals surface area contributed by atoms with E-state index >= 15 is 0 Å². The molecular formula is C12H15ClN2O3S. The first kappa shape index (κ1) is 15.9. The third-order valence-electron chi connectivity index (χ3n) is 2.42. The highest BCUT2D eigenvalue weighted by Gasteiger charge is 2.19. The molecule has 0 radical (unpaired) electrons. The fourth-order valence-corrected chi connectivity index (χ4v) is 3.14. The Morgan fingerprint density at radius 1 is 1.53 bits per heavy atom. The van der Waals surface area contributed by atoms with Gasteiger partial charge < -0.3 is 4.74 Å². The van der Waals surface area contributed by atoms with Crippen molar-refractivity contribution in [3.63, 3.8) is 0 Å². The van der Waals surface area contributed by atoms with Crippen molar-refractivity contribution in [2.75, 3.05) is 20.3 Å². The summed E-state index contributed by atoms with van der Waals surface area (Å²) in [6.45, 7) is 2.55. The van der Waals surface area contributed by atoms with E-state index in [4.69, 9.17) is 21.6 Å². The van der Waals surface area contributed by atoms with E-state index < -0.39 is 10.0 Å². The van der Waals surface area contributed by atoms with Crippen molar-refractivity contribution >= 4 is 21.6 Å². The van der Waals surface area contributed by atoms with Gasteiger partial charge in [0.05, 0.1) is 16.7 Å². The van der Waals surface area contributed by atoms with Crippen LogP contribution >= 0.6 is 11.6 Å². The number of nitriles is 1. The summed E-state index contributed by atoms with van der Waals surface area (Å²) < 4.78 is 31.5. The largest absolute Gasteiger partial charge is 0.384 e. The summed E-state index contributed by atoms with van der Waals surface area (Å²) in [5.74, 6) is 0.0395. The molecule has 0 spiro atoms. The lowest BCUT2D eigenvalue weighted by atomic mass is 10.2. The lowest BCUT2D eigenvalue weighted by Gasteiger charge is -2.12. The lowest BCUT2D eigenvalue weighted by molar-refractivity contribution is 0.161. The predicted molar refractivity (Wildman–Crippen MR) is 72.4 cm³/mol. The summed E-state index contributed by atoms with van der Waals surface area (Å²) in [6.07, 6.45) is 0. The topological polar surface area (TPSA) is 79.2 Å². The highest BCUT2D eigenvalue weighted by atomic mass is 35.5. The first-order valence-electron chi connectivity index (χ1n) is 5.59. The van der Waals surface area contributed by atoms with E-state index in [0.29, 0.717) is 6.61 Å². The second-order valence-corrected chi connectivity index (χ2v) is 6.31. The molecule has 1 N–H and O–H groups in total. The van der Waals surface area contributed by atoms with Crippen LogP contribution in [0.5, 0.6) is 0 Å². The Balaban J connectivity index is 2.92. The van der Waals surface area contributed by atoms with Crippen LogP contribution in [0.4, 0.5) is 0 Å². The maximum atomic E-state index is 12.1. The van der Waals surface area contributed by atoms with Gasteiger partial charge in [0, 0.05) is 20.3 Å². The molecule has 0 aliphatic rings. The Labute approximate surface area is 118 Å². The molecule has 1 aromatic carbocycles. The van der Waals surface area contributed by atoms with Crippen molar-refractivity contribution < 1.29 is 13.2 Å². The van der Waals surface area contributed by atoms with Crippen molar-refractivity contribution in [3.05, 3.63) is 28.8 Å². The van der Waals surface area contributed by atoms with Crippen LogP contribution in [-0.2, 0) is 14.8 Å². The molecule has 0 aliphatic carbocycles. The normalized spacial score (nSPS) is 12.9. The first-order valence-corrected chi connectivity index (χ1v) is 7.45. The summed E-state index contributed by atoms with van der Waals surface area (Å²) in [7, 11) is -2.17. The van der Waals surface area contributed by atoms with Crippen LogP contribution in [0.3, 0.4) is 0 Å². The molecule has 0 fully saturated rings. The minimum Gasteiger partial charge on any atom is -0.384 e. The van der Waals surface area contributed by atoms with Crippen molar-refractivity contribution in [1.82, 2.24) is 4.72 Å². The van der Waals surface area contributed by atoms with Crippen LogP contribution in [0.2, 0.25) is 5.02 Å². The smallest absolute Gasteiger partial charge is 0.242 e. The van der Waals surface area contributed by atoms with Gasteiger partial charge in [-0.3, -0.25) is 0 Å². The number of ether oxygens (including phenoxy) is 1. The summed E-state index contributed by atoms with van der Waals surface area (Å²) in [5, 5.41) is 8.87. The van der Waals surface area contributed by atoms with Gasteiger partial charge in [-0.25, -0.2) is 13.1 Å². The SMILES string of the molecule is COCC(C)CNS(=O)(=O)c1cc(C#N)ccc1Cl. The van der Waals surface area contributed by atoms with Gasteiger partial charge in [-0.1, -0.05) is 18.5 Å². The fourth-order valence-electron chi connectivity index (χ4n) is 1.45. The van der Waals surface area contributed by atoms with Crippen LogP contribution in [0.25, 0.3) is 0 Å². The van der Waals surface area contributed by atoms with Crippen LogP contribution in [0, 0.1) is 17.2 Å². The standard InChI is InChI=1S/C12H15ClN2O3S/c1-9(8-18-2)7-15-19(16,17)12-5-10(6-14)3-4-11(12)13/h3-5,9,15H,7-8H2,1-2H3. The molecule has 1 atom stereocenters. The molecule has 1 unspecified atom stereocenters. The number of methoxy groups -OCH3 is 1. The number of benzene rings is 1. The second kappa shape index (κ2) is 6.87. The van der Waals surface area contributed by atoms with Gasteiger partial charge in [-0.2, -0.15) is 5.26 Å². The molecule has 0 saturated carbocycles. The van der Waals surface area contributed by atoms with Crippen LogP contribution in [-0.4, -0.2) is 28.7 Å². The van der Waals surface area contributed by atoms with E-state index in [9.17, 15) is 8.42 Å². The van der Waals surface area contributed by atoms with Crippen LogP contribution in [0.1, 0.15) is 12.5 Å².